The lowest BCUT2D eigenvalue weighted by Crippen LogP contribution is -2.11. The van der Waals surface area contributed by atoms with E-state index in [1.807, 2.05) is 6.20 Å². The highest BCUT2D eigenvalue weighted by Crippen LogP contribution is 2.32. The van der Waals surface area contributed by atoms with Gasteiger partial charge in [-0.25, -0.2) is 0 Å². The zero-order valence-corrected chi connectivity index (χ0v) is 15.6. The molecule has 0 amide bonds. The van der Waals surface area contributed by atoms with Gasteiger partial charge in [-0.2, -0.15) is 0 Å². The first-order chi connectivity index (χ1) is 11.2. The average molecular weight is 317 g/mol. The average Bonchev–Trinajstić information content (AvgIpc) is 2.52. The van der Waals surface area contributed by atoms with Crippen molar-refractivity contribution in [3.05, 3.63) is 65.9 Å². The molecule has 0 fully saturated rings. The summed E-state index contributed by atoms with van der Waals surface area (Å²) in [4.78, 5) is 4.69. The van der Waals surface area contributed by atoms with Crippen molar-refractivity contribution in [3.63, 3.8) is 0 Å². The molecular weight excluding hydrogens is 290 g/mol. The molecule has 1 heteroatoms. The minimum Gasteiger partial charge on any atom is -0.256 e. The van der Waals surface area contributed by atoms with Gasteiger partial charge in [0.05, 0.1) is 5.69 Å². The Bertz CT molecular complexity index is 876. The third-order valence-electron chi connectivity index (χ3n) is 4.63. The van der Waals surface area contributed by atoms with Gasteiger partial charge in [0.2, 0.25) is 0 Å². The van der Waals surface area contributed by atoms with E-state index in [2.05, 4.69) is 90.1 Å². The first-order valence-electron chi connectivity index (χ1n) is 8.66. The van der Waals surface area contributed by atoms with E-state index in [9.17, 15) is 0 Å². The maximum absolute atomic E-state index is 4.69. The van der Waals surface area contributed by atoms with Crippen molar-refractivity contribution in [2.75, 3.05) is 0 Å². The Morgan fingerprint density at radius 2 is 1.38 bits per heavy atom. The van der Waals surface area contributed by atoms with E-state index in [0.29, 0.717) is 0 Å². The molecule has 1 heterocycles. The summed E-state index contributed by atoms with van der Waals surface area (Å²) < 4.78 is 0. The highest BCUT2D eigenvalue weighted by atomic mass is 14.7. The van der Waals surface area contributed by atoms with E-state index in [1.165, 1.54) is 27.5 Å². The second kappa shape index (κ2) is 5.73. The number of pyridine rings is 1. The second-order valence-electron chi connectivity index (χ2n) is 8.68. The molecule has 0 atom stereocenters. The standard InChI is InChI=1S/C23H27N/c1-22(2,3)18-9-7-8-17(15-18)21-20-11-10-19(23(4,5)6)14-16(20)12-13-24-21/h7-15H,1-6H3. The van der Waals surface area contributed by atoms with Crippen LogP contribution in [0.4, 0.5) is 0 Å². The maximum Gasteiger partial charge on any atom is 0.0780 e. The minimum absolute atomic E-state index is 0.139. The third-order valence-corrected chi connectivity index (χ3v) is 4.63. The number of hydrogen-bond acceptors (Lipinski definition) is 1. The molecule has 0 radical (unpaired) electrons. The molecule has 3 rings (SSSR count). The summed E-state index contributed by atoms with van der Waals surface area (Å²) in [7, 11) is 0. The molecule has 0 unspecified atom stereocenters. The van der Waals surface area contributed by atoms with Gasteiger partial charge >= 0.3 is 0 Å². The van der Waals surface area contributed by atoms with Crippen molar-refractivity contribution in [2.45, 2.75) is 52.4 Å². The lowest BCUT2D eigenvalue weighted by atomic mass is 9.84. The monoisotopic (exact) mass is 317 g/mol. The topological polar surface area (TPSA) is 12.9 Å². The molecule has 0 aliphatic rings. The fraction of sp³-hybridized carbons (Fsp3) is 0.348. The quantitative estimate of drug-likeness (QED) is 0.499. The molecule has 0 N–H and O–H groups in total. The Kier molecular flexibility index (Phi) is 3.99. The van der Waals surface area contributed by atoms with Crippen LogP contribution in [0, 0.1) is 0 Å². The predicted molar refractivity (Wildman–Crippen MR) is 105 cm³/mol. The Hall–Kier alpha value is -2.15. The Morgan fingerprint density at radius 3 is 2.04 bits per heavy atom. The molecule has 0 aliphatic carbocycles. The van der Waals surface area contributed by atoms with Gasteiger partial charge in [0.15, 0.2) is 0 Å². The molecule has 1 nitrogen and oxygen atoms in total. The molecule has 0 aliphatic heterocycles. The van der Waals surface area contributed by atoms with Crippen LogP contribution in [0.3, 0.4) is 0 Å². The zero-order chi connectivity index (χ0) is 17.5. The van der Waals surface area contributed by atoms with Crippen LogP contribution < -0.4 is 0 Å². The van der Waals surface area contributed by atoms with E-state index in [-0.39, 0.29) is 10.8 Å². The van der Waals surface area contributed by atoms with E-state index in [0.717, 1.165) is 5.69 Å². The number of benzene rings is 2. The van der Waals surface area contributed by atoms with Gasteiger partial charge in [-0.3, -0.25) is 4.98 Å². The van der Waals surface area contributed by atoms with Crippen LogP contribution in [-0.2, 0) is 10.8 Å². The van der Waals surface area contributed by atoms with E-state index >= 15 is 0 Å². The molecular formula is C23H27N. The van der Waals surface area contributed by atoms with Gasteiger partial charge in [-0.05, 0) is 39.5 Å². The van der Waals surface area contributed by atoms with E-state index < -0.39 is 0 Å². The van der Waals surface area contributed by atoms with Crippen LogP contribution in [0.15, 0.2) is 54.7 Å². The lowest BCUT2D eigenvalue weighted by Gasteiger charge is -2.21. The normalized spacial score (nSPS) is 12.6. The molecule has 24 heavy (non-hydrogen) atoms. The van der Waals surface area contributed by atoms with Crippen LogP contribution >= 0.6 is 0 Å². The van der Waals surface area contributed by atoms with Crippen molar-refractivity contribution in [1.29, 1.82) is 0 Å². The Balaban J connectivity index is 2.17. The van der Waals surface area contributed by atoms with Gasteiger partial charge in [-0.15, -0.1) is 0 Å². The number of hydrogen-bond donors (Lipinski definition) is 0. The smallest absolute Gasteiger partial charge is 0.0780 e. The summed E-state index contributed by atoms with van der Waals surface area (Å²) in [5.41, 5.74) is 5.25. The maximum atomic E-state index is 4.69. The van der Waals surface area contributed by atoms with E-state index in [4.69, 9.17) is 4.98 Å². The summed E-state index contributed by atoms with van der Waals surface area (Å²) in [5.74, 6) is 0. The Labute approximate surface area is 145 Å². The van der Waals surface area contributed by atoms with Crippen molar-refractivity contribution in [2.24, 2.45) is 0 Å². The number of fused-ring (bicyclic) bond motifs is 1. The molecule has 2 aromatic carbocycles. The largest absolute Gasteiger partial charge is 0.256 e. The van der Waals surface area contributed by atoms with Crippen LogP contribution in [0.5, 0.6) is 0 Å². The number of aromatic nitrogens is 1. The predicted octanol–water partition coefficient (Wildman–Crippen LogP) is 6.50. The lowest BCUT2D eigenvalue weighted by molar-refractivity contribution is 0.590. The van der Waals surface area contributed by atoms with Gasteiger partial charge in [0.25, 0.3) is 0 Å². The third kappa shape index (κ3) is 3.21. The minimum atomic E-state index is 0.139. The molecule has 124 valence electrons. The van der Waals surface area contributed by atoms with Crippen molar-refractivity contribution in [3.8, 4) is 11.3 Å². The second-order valence-corrected chi connectivity index (χ2v) is 8.68. The fourth-order valence-electron chi connectivity index (χ4n) is 3.01. The van der Waals surface area contributed by atoms with E-state index in [1.54, 1.807) is 0 Å². The van der Waals surface area contributed by atoms with Gasteiger partial charge in [-0.1, -0.05) is 77.9 Å². The number of nitrogens with zero attached hydrogens (tertiary/aromatic N) is 1. The van der Waals surface area contributed by atoms with Crippen LogP contribution in [0.25, 0.3) is 22.0 Å². The summed E-state index contributed by atoms with van der Waals surface area (Å²) in [6.45, 7) is 13.5. The SMILES string of the molecule is CC(C)(C)c1cccc(-c2nccc3cc(C(C)(C)C)ccc23)c1. The molecule has 1 aromatic heterocycles. The van der Waals surface area contributed by atoms with Crippen molar-refractivity contribution >= 4 is 10.8 Å². The van der Waals surface area contributed by atoms with Crippen LogP contribution in [0.2, 0.25) is 0 Å². The summed E-state index contributed by atoms with van der Waals surface area (Å²) in [5, 5.41) is 2.48. The van der Waals surface area contributed by atoms with Crippen molar-refractivity contribution in [1.82, 2.24) is 4.98 Å². The molecule has 0 saturated carbocycles. The zero-order valence-electron chi connectivity index (χ0n) is 15.6. The molecule has 0 spiro atoms. The van der Waals surface area contributed by atoms with Crippen LogP contribution in [-0.4, -0.2) is 4.98 Å². The number of rotatable bonds is 1. The van der Waals surface area contributed by atoms with Gasteiger partial charge < -0.3 is 0 Å². The Morgan fingerprint density at radius 1 is 0.708 bits per heavy atom. The first kappa shape index (κ1) is 16.7. The molecule has 0 bridgehead atoms. The fourth-order valence-corrected chi connectivity index (χ4v) is 3.01. The van der Waals surface area contributed by atoms with Crippen LogP contribution in [0.1, 0.15) is 52.7 Å². The van der Waals surface area contributed by atoms with Gasteiger partial charge in [0.1, 0.15) is 0 Å². The molecule has 3 aromatic rings. The highest BCUT2D eigenvalue weighted by Gasteiger charge is 2.17. The summed E-state index contributed by atoms with van der Waals surface area (Å²) in [6, 6.07) is 17.7. The van der Waals surface area contributed by atoms with Gasteiger partial charge in [0, 0.05) is 17.1 Å². The summed E-state index contributed by atoms with van der Waals surface area (Å²) >= 11 is 0. The first-order valence-corrected chi connectivity index (χ1v) is 8.66. The summed E-state index contributed by atoms with van der Waals surface area (Å²) in [6.07, 6.45) is 1.92. The highest BCUT2D eigenvalue weighted by molar-refractivity contribution is 5.95. The molecule has 0 saturated heterocycles. The van der Waals surface area contributed by atoms with Crippen molar-refractivity contribution < 1.29 is 0 Å².